The molecule has 1 N–H and O–H groups in total. The first-order valence-corrected chi connectivity index (χ1v) is 8.62. The van der Waals surface area contributed by atoms with Crippen molar-refractivity contribution in [2.24, 2.45) is 0 Å². The SMILES string of the molecule is CCC(Nc1ccccc1CN(CC)C(=O)OC(C)(C)C)C(=O)OC. The molecule has 25 heavy (non-hydrogen) atoms. The minimum Gasteiger partial charge on any atom is -0.467 e. The molecule has 1 atom stereocenters. The summed E-state index contributed by atoms with van der Waals surface area (Å²) in [5.41, 5.74) is 1.18. The van der Waals surface area contributed by atoms with Gasteiger partial charge < -0.3 is 19.7 Å². The topological polar surface area (TPSA) is 67.9 Å². The summed E-state index contributed by atoms with van der Waals surface area (Å²) in [6.45, 7) is 10.3. The molecule has 6 heteroatoms. The van der Waals surface area contributed by atoms with E-state index in [0.29, 0.717) is 19.5 Å². The molecule has 0 heterocycles. The maximum absolute atomic E-state index is 12.3. The van der Waals surface area contributed by atoms with Crippen LogP contribution in [0, 0.1) is 0 Å². The molecule has 0 aliphatic heterocycles. The van der Waals surface area contributed by atoms with Gasteiger partial charge in [0.15, 0.2) is 0 Å². The standard InChI is InChI=1S/C19H30N2O4/c1-7-15(17(22)24-6)20-16-12-10-9-11-14(16)13-21(8-2)18(23)25-19(3,4)5/h9-12,15,20H,7-8,13H2,1-6H3. The van der Waals surface area contributed by atoms with Gasteiger partial charge >= 0.3 is 12.1 Å². The molecule has 0 saturated carbocycles. The molecule has 0 aromatic heterocycles. The first-order chi connectivity index (χ1) is 11.7. The monoisotopic (exact) mass is 350 g/mol. The summed E-state index contributed by atoms with van der Waals surface area (Å²) in [5, 5.41) is 3.21. The van der Waals surface area contributed by atoms with Crippen LogP contribution in [0.5, 0.6) is 0 Å². The molecule has 0 aliphatic carbocycles. The molecule has 6 nitrogen and oxygen atoms in total. The highest BCUT2D eigenvalue weighted by molar-refractivity contribution is 5.79. The van der Waals surface area contributed by atoms with Crippen LogP contribution in [0.15, 0.2) is 24.3 Å². The second-order valence-electron chi connectivity index (χ2n) is 6.78. The summed E-state index contributed by atoms with van der Waals surface area (Å²) in [7, 11) is 1.37. The third kappa shape index (κ3) is 6.64. The van der Waals surface area contributed by atoms with Gasteiger partial charge in [-0.1, -0.05) is 25.1 Å². The average molecular weight is 350 g/mol. The largest absolute Gasteiger partial charge is 0.467 e. The van der Waals surface area contributed by atoms with Crippen LogP contribution >= 0.6 is 0 Å². The van der Waals surface area contributed by atoms with E-state index in [1.807, 2.05) is 58.9 Å². The van der Waals surface area contributed by atoms with E-state index >= 15 is 0 Å². The van der Waals surface area contributed by atoms with E-state index in [1.165, 1.54) is 7.11 Å². The van der Waals surface area contributed by atoms with E-state index in [1.54, 1.807) is 4.90 Å². The third-order valence-electron chi connectivity index (χ3n) is 3.64. The molecule has 0 spiro atoms. The van der Waals surface area contributed by atoms with Gasteiger partial charge in [-0.2, -0.15) is 0 Å². The van der Waals surface area contributed by atoms with Crippen molar-refractivity contribution in [3.63, 3.8) is 0 Å². The highest BCUT2D eigenvalue weighted by Crippen LogP contribution is 2.20. The molecule has 1 aromatic carbocycles. The fraction of sp³-hybridized carbons (Fsp3) is 0.579. The highest BCUT2D eigenvalue weighted by Gasteiger charge is 2.23. The lowest BCUT2D eigenvalue weighted by Crippen LogP contribution is -2.36. The number of ether oxygens (including phenoxy) is 2. The van der Waals surface area contributed by atoms with Crippen LogP contribution in [-0.4, -0.2) is 42.3 Å². The van der Waals surface area contributed by atoms with Gasteiger partial charge in [0.1, 0.15) is 11.6 Å². The van der Waals surface area contributed by atoms with Crippen LogP contribution in [-0.2, 0) is 20.8 Å². The molecule has 0 saturated heterocycles. The number of benzene rings is 1. The molecule has 0 radical (unpaired) electrons. The number of carbonyl (C=O) groups excluding carboxylic acids is 2. The van der Waals surface area contributed by atoms with Crippen LogP contribution < -0.4 is 5.32 Å². The van der Waals surface area contributed by atoms with E-state index in [2.05, 4.69) is 5.32 Å². The predicted molar refractivity (Wildman–Crippen MR) is 98.5 cm³/mol. The summed E-state index contributed by atoms with van der Waals surface area (Å²) >= 11 is 0. The molecule has 1 aromatic rings. The Bertz CT molecular complexity index is 581. The van der Waals surface area contributed by atoms with Crippen LogP contribution in [0.3, 0.4) is 0 Å². The van der Waals surface area contributed by atoms with Gasteiger partial charge in [-0.3, -0.25) is 0 Å². The highest BCUT2D eigenvalue weighted by atomic mass is 16.6. The Balaban J connectivity index is 2.94. The molecule has 140 valence electrons. The number of hydrogen-bond acceptors (Lipinski definition) is 5. The van der Waals surface area contributed by atoms with E-state index in [-0.39, 0.29) is 12.1 Å². The summed E-state index contributed by atoms with van der Waals surface area (Å²) in [5.74, 6) is -0.309. The van der Waals surface area contributed by atoms with Crippen molar-refractivity contribution >= 4 is 17.7 Å². The number of methoxy groups -OCH3 is 1. The number of carbonyl (C=O) groups is 2. The number of nitrogens with zero attached hydrogens (tertiary/aromatic N) is 1. The number of rotatable bonds is 7. The van der Waals surface area contributed by atoms with Crippen LogP contribution in [0.2, 0.25) is 0 Å². The summed E-state index contributed by atoms with van der Waals surface area (Å²) in [6, 6.07) is 7.19. The van der Waals surface area contributed by atoms with E-state index in [0.717, 1.165) is 11.3 Å². The van der Waals surface area contributed by atoms with Gasteiger partial charge in [-0.15, -0.1) is 0 Å². The van der Waals surface area contributed by atoms with Gasteiger partial charge in [0.25, 0.3) is 0 Å². The summed E-state index contributed by atoms with van der Waals surface area (Å²) in [6.07, 6.45) is 0.245. The van der Waals surface area contributed by atoms with Gasteiger partial charge in [0.05, 0.1) is 13.7 Å². The van der Waals surface area contributed by atoms with Gasteiger partial charge in [-0.05, 0) is 45.7 Å². The Kier molecular flexibility index (Phi) is 7.74. The molecular formula is C19H30N2O4. The molecule has 1 unspecified atom stereocenters. The summed E-state index contributed by atoms with van der Waals surface area (Å²) < 4.78 is 10.3. The second kappa shape index (κ2) is 9.30. The number of esters is 1. The van der Waals surface area contributed by atoms with E-state index < -0.39 is 11.6 Å². The van der Waals surface area contributed by atoms with Gasteiger partial charge in [0.2, 0.25) is 0 Å². The number of anilines is 1. The van der Waals surface area contributed by atoms with Gasteiger partial charge in [0, 0.05) is 12.2 Å². The zero-order valence-electron chi connectivity index (χ0n) is 16.1. The summed E-state index contributed by atoms with van der Waals surface area (Å²) in [4.78, 5) is 25.8. The molecule has 0 aliphatic rings. The fourth-order valence-corrected chi connectivity index (χ4v) is 2.29. The zero-order chi connectivity index (χ0) is 19.0. The Hall–Kier alpha value is -2.24. The lowest BCUT2D eigenvalue weighted by Gasteiger charge is -2.27. The van der Waals surface area contributed by atoms with E-state index in [9.17, 15) is 9.59 Å². The molecule has 1 amide bonds. The normalized spacial score (nSPS) is 12.2. The Morgan fingerprint density at radius 2 is 1.84 bits per heavy atom. The van der Waals surface area contributed by atoms with Crippen LogP contribution in [0.4, 0.5) is 10.5 Å². The van der Waals surface area contributed by atoms with Crippen molar-refractivity contribution in [2.45, 2.75) is 59.2 Å². The minimum absolute atomic E-state index is 0.309. The molecular weight excluding hydrogens is 320 g/mol. The third-order valence-corrected chi connectivity index (χ3v) is 3.64. The predicted octanol–water partition coefficient (Wildman–Crippen LogP) is 3.81. The molecule has 1 rings (SSSR count). The lowest BCUT2D eigenvalue weighted by molar-refractivity contribution is -0.141. The quantitative estimate of drug-likeness (QED) is 0.758. The Morgan fingerprint density at radius 3 is 2.36 bits per heavy atom. The van der Waals surface area contributed by atoms with Crippen LogP contribution in [0.25, 0.3) is 0 Å². The zero-order valence-corrected chi connectivity index (χ0v) is 16.1. The second-order valence-corrected chi connectivity index (χ2v) is 6.78. The lowest BCUT2D eigenvalue weighted by atomic mass is 10.1. The maximum Gasteiger partial charge on any atom is 0.410 e. The number of nitrogens with one attached hydrogen (secondary N) is 1. The Labute approximate surface area is 150 Å². The number of hydrogen-bond donors (Lipinski definition) is 1. The number of para-hydroxylation sites is 1. The smallest absolute Gasteiger partial charge is 0.410 e. The van der Waals surface area contributed by atoms with Crippen molar-refractivity contribution < 1.29 is 19.1 Å². The van der Waals surface area contributed by atoms with Crippen molar-refractivity contribution in [1.29, 1.82) is 0 Å². The maximum atomic E-state index is 12.3. The molecule has 0 bridgehead atoms. The van der Waals surface area contributed by atoms with Crippen molar-refractivity contribution in [2.75, 3.05) is 19.0 Å². The minimum atomic E-state index is -0.541. The Morgan fingerprint density at radius 1 is 1.20 bits per heavy atom. The van der Waals surface area contributed by atoms with Crippen LogP contribution in [0.1, 0.15) is 46.6 Å². The first-order valence-electron chi connectivity index (χ1n) is 8.62. The van der Waals surface area contributed by atoms with Crippen molar-refractivity contribution in [3.05, 3.63) is 29.8 Å². The average Bonchev–Trinajstić information content (AvgIpc) is 2.56. The number of amides is 1. The van der Waals surface area contributed by atoms with E-state index in [4.69, 9.17) is 9.47 Å². The van der Waals surface area contributed by atoms with Crippen molar-refractivity contribution in [1.82, 2.24) is 4.90 Å². The first kappa shape index (κ1) is 20.8. The van der Waals surface area contributed by atoms with Crippen molar-refractivity contribution in [3.8, 4) is 0 Å². The fourth-order valence-electron chi connectivity index (χ4n) is 2.29. The molecule has 0 fully saturated rings. The van der Waals surface area contributed by atoms with Gasteiger partial charge in [-0.25, -0.2) is 9.59 Å².